The van der Waals surface area contributed by atoms with Gasteiger partial charge < -0.3 is 5.32 Å². The molecule has 0 spiro atoms. The highest BCUT2D eigenvalue weighted by atomic mass is 32.1. The van der Waals surface area contributed by atoms with Gasteiger partial charge in [-0.2, -0.15) is 10.2 Å². The second-order valence-electron chi connectivity index (χ2n) is 8.66. The van der Waals surface area contributed by atoms with Crippen LogP contribution in [0.1, 0.15) is 56.7 Å². The van der Waals surface area contributed by atoms with Gasteiger partial charge in [-0.15, -0.1) is 11.3 Å². The van der Waals surface area contributed by atoms with E-state index in [2.05, 4.69) is 50.1 Å². The molecule has 1 amide bonds. The van der Waals surface area contributed by atoms with Gasteiger partial charge in [-0.3, -0.25) is 4.79 Å². The van der Waals surface area contributed by atoms with Gasteiger partial charge in [0.25, 0.3) is 5.91 Å². The van der Waals surface area contributed by atoms with Crippen molar-refractivity contribution in [1.82, 2.24) is 24.5 Å². The zero-order valence-corrected chi connectivity index (χ0v) is 18.9. The lowest BCUT2D eigenvalue weighted by Gasteiger charge is -2.22. The fourth-order valence-electron chi connectivity index (χ4n) is 3.42. The van der Waals surface area contributed by atoms with Crippen LogP contribution in [0.5, 0.6) is 0 Å². The molecule has 1 N–H and O–H groups in total. The predicted octanol–water partition coefficient (Wildman–Crippen LogP) is 5.25. The Morgan fingerprint density at radius 2 is 2.00 bits per heavy atom. The number of pyridine rings is 1. The van der Waals surface area contributed by atoms with Crippen LogP contribution in [0.3, 0.4) is 0 Å². The van der Waals surface area contributed by atoms with Crippen LogP contribution in [0.2, 0.25) is 0 Å². The van der Waals surface area contributed by atoms with Crippen molar-refractivity contribution in [2.75, 3.05) is 5.32 Å². The first-order valence-corrected chi connectivity index (χ1v) is 10.8. The minimum Gasteiger partial charge on any atom is -0.307 e. The molecule has 4 rings (SSSR count). The van der Waals surface area contributed by atoms with Crippen LogP contribution < -0.4 is 5.32 Å². The van der Waals surface area contributed by atoms with E-state index in [0.29, 0.717) is 17.0 Å². The molecule has 0 saturated carbocycles. The maximum absolute atomic E-state index is 13.4. The number of rotatable bonds is 4. The van der Waals surface area contributed by atoms with E-state index >= 15 is 0 Å². The fourth-order valence-corrected chi connectivity index (χ4v) is 4.10. The SMILES string of the molecule is Cc1cc(NC(=O)c2cc(-c3cccs3)nc3c2cnn3C(C)C)n(C(C)(C)C)n1. The molecule has 0 fully saturated rings. The monoisotopic (exact) mass is 422 g/mol. The molecule has 0 aliphatic heterocycles. The van der Waals surface area contributed by atoms with Crippen molar-refractivity contribution in [2.24, 2.45) is 0 Å². The van der Waals surface area contributed by atoms with E-state index in [0.717, 1.165) is 21.7 Å². The van der Waals surface area contributed by atoms with E-state index in [1.807, 2.05) is 45.9 Å². The number of aryl methyl sites for hydroxylation is 1. The molecule has 4 heterocycles. The van der Waals surface area contributed by atoms with Crippen molar-refractivity contribution in [2.45, 2.75) is 53.1 Å². The van der Waals surface area contributed by atoms with E-state index in [-0.39, 0.29) is 17.5 Å². The van der Waals surface area contributed by atoms with Crippen molar-refractivity contribution in [3.63, 3.8) is 0 Å². The summed E-state index contributed by atoms with van der Waals surface area (Å²) < 4.78 is 3.70. The number of aromatic nitrogens is 5. The molecule has 8 heteroatoms. The summed E-state index contributed by atoms with van der Waals surface area (Å²) in [4.78, 5) is 19.2. The number of fused-ring (bicyclic) bond motifs is 1. The Morgan fingerprint density at radius 1 is 1.23 bits per heavy atom. The van der Waals surface area contributed by atoms with E-state index in [1.54, 1.807) is 17.5 Å². The largest absolute Gasteiger partial charge is 0.307 e. The van der Waals surface area contributed by atoms with Crippen LogP contribution >= 0.6 is 11.3 Å². The van der Waals surface area contributed by atoms with Crippen LogP contribution in [-0.4, -0.2) is 30.5 Å². The minimum absolute atomic E-state index is 0.134. The van der Waals surface area contributed by atoms with E-state index in [4.69, 9.17) is 4.98 Å². The Kier molecular flexibility index (Phi) is 4.97. The van der Waals surface area contributed by atoms with E-state index in [1.165, 1.54) is 0 Å². The summed E-state index contributed by atoms with van der Waals surface area (Å²) in [6, 6.07) is 7.86. The van der Waals surface area contributed by atoms with Gasteiger partial charge in [-0.1, -0.05) is 6.07 Å². The highest BCUT2D eigenvalue weighted by molar-refractivity contribution is 7.13. The number of hydrogen-bond acceptors (Lipinski definition) is 5. The summed E-state index contributed by atoms with van der Waals surface area (Å²) in [5.74, 6) is 0.470. The predicted molar refractivity (Wildman–Crippen MR) is 121 cm³/mol. The van der Waals surface area contributed by atoms with E-state index < -0.39 is 0 Å². The van der Waals surface area contributed by atoms with Crippen molar-refractivity contribution in [1.29, 1.82) is 0 Å². The van der Waals surface area contributed by atoms with Gasteiger partial charge in [0.15, 0.2) is 5.65 Å². The van der Waals surface area contributed by atoms with Crippen LogP contribution in [0, 0.1) is 6.92 Å². The maximum atomic E-state index is 13.4. The molecule has 0 radical (unpaired) electrons. The highest BCUT2D eigenvalue weighted by Crippen LogP contribution is 2.30. The molecule has 0 saturated heterocycles. The van der Waals surface area contributed by atoms with Crippen molar-refractivity contribution in [3.05, 3.63) is 47.1 Å². The molecule has 30 heavy (non-hydrogen) atoms. The second-order valence-corrected chi connectivity index (χ2v) is 9.61. The molecule has 0 aromatic carbocycles. The summed E-state index contributed by atoms with van der Waals surface area (Å²) in [7, 11) is 0. The van der Waals surface area contributed by atoms with Gasteiger partial charge in [0, 0.05) is 12.1 Å². The number of carbonyl (C=O) groups is 1. The van der Waals surface area contributed by atoms with Crippen LogP contribution in [0.4, 0.5) is 5.82 Å². The average Bonchev–Trinajstić information content (AvgIpc) is 3.39. The maximum Gasteiger partial charge on any atom is 0.257 e. The third-order valence-corrected chi connectivity index (χ3v) is 5.68. The number of nitrogens with zero attached hydrogens (tertiary/aromatic N) is 5. The van der Waals surface area contributed by atoms with Gasteiger partial charge in [0.2, 0.25) is 0 Å². The first kappa shape index (κ1) is 20.3. The van der Waals surface area contributed by atoms with Gasteiger partial charge in [-0.05, 0) is 59.1 Å². The summed E-state index contributed by atoms with van der Waals surface area (Å²) in [6.45, 7) is 12.2. The average molecular weight is 423 g/mol. The number of anilines is 1. The Morgan fingerprint density at radius 3 is 2.63 bits per heavy atom. The molecular weight excluding hydrogens is 396 g/mol. The normalized spacial score (nSPS) is 12.1. The highest BCUT2D eigenvalue weighted by Gasteiger charge is 2.23. The van der Waals surface area contributed by atoms with Crippen LogP contribution in [-0.2, 0) is 5.54 Å². The van der Waals surface area contributed by atoms with E-state index in [9.17, 15) is 4.79 Å². The van der Waals surface area contributed by atoms with Gasteiger partial charge >= 0.3 is 0 Å². The molecular formula is C22H26N6OS. The quantitative estimate of drug-likeness (QED) is 0.487. The number of thiophene rings is 1. The van der Waals surface area contributed by atoms with Gasteiger partial charge in [-0.25, -0.2) is 14.3 Å². The second kappa shape index (κ2) is 7.36. The summed E-state index contributed by atoms with van der Waals surface area (Å²) in [6.07, 6.45) is 1.72. The summed E-state index contributed by atoms with van der Waals surface area (Å²) >= 11 is 1.60. The summed E-state index contributed by atoms with van der Waals surface area (Å²) in [5.41, 5.74) is 2.63. The van der Waals surface area contributed by atoms with Crippen molar-refractivity contribution >= 4 is 34.1 Å². The van der Waals surface area contributed by atoms with Crippen LogP contribution in [0.15, 0.2) is 35.8 Å². The van der Waals surface area contributed by atoms with Crippen molar-refractivity contribution < 1.29 is 4.79 Å². The third kappa shape index (κ3) is 3.63. The molecule has 4 aromatic heterocycles. The molecule has 0 bridgehead atoms. The fraction of sp³-hybridized carbons (Fsp3) is 0.364. The molecule has 156 valence electrons. The van der Waals surface area contributed by atoms with Crippen LogP contribution in [0.25, 0.3) is 21.6 Å². The molecule has 7 nitrogen and oxygen atoms in total. The first-order valence-electron chi connectivity index (χ1n) is 9.96. The lowest BCUT2D eigenvalue weighted by atomic mass is 10.1. The molecule has 0 aliphatic rings. The third-order valence-electron chi connectivity index (χ3n) is 4.78. The molecule has 0 unspecified atom stereocenters. The minimum atomic E-state index is -0.255. The molecule has 4 aromatic rings. The zero-order valence-electron chi connectivity index (χ0n) is 18.1. The van der Waals surface area contributed by atoms with Gasteiger partial charge in [0.05, 0.1) is 39.0 Å². The zero-order chi connectivity index (χ0) is 21.6. The first-order chi connectivity index (χ1) is 14.1. The Hall–Kier alpha value is -3.00. The number of amides is 1. The molecule has 0 aliphatic carbocycles. The lowest BCUT2D eigenvalue weighted by Crippen LogP contribution is -2.27. The molecule has 0 atom stereocenters. The Bertz CT molecular complexity index is 1210. The van der Waals surface area contributed by atoms with Gasteiger partial charge in [0.1, 0.15) is 5.82 Å². The topological polar surface area (TPSA) is 77.6 Å². The Labute approximate surface area is 179 Å². The lowest BCUT2D eigenvalue weighted by molar-refractivity contribution is 0.102. The standard InChI is InChI=1S/C22H26N6OS/c1-13(2)27-20-16(12-23-27)15(11-17(24-20)18-8-7-9-30-18)21(29)25-19-10-14(3)26-28(19)22(4,5)6/h7-13H,1-6H3,(H,25,29). The number of carbonyl (C=O) groups excluding carboxylic acids is 1. The number of hydrogen-bond donors (Lipinski definition) is 1. The smallest absolute Gasteiger partial charge is 0.257 e. The van der Waals surface area contributed by atoms with Crippen molar-refractivity contribution in [3.8, 4) is 10.6 Å². The number of nitrogens with one attached hydrogen (secondary N) is 1. The summed E-state index contributed by atoms with van der Waals surface area (Å²) in [5, 5.41) is 14.8. The Balaban J connectivity index is 1.83.